The smallest absolute Gasteiger partial charge is 0.194 e. The first-order chi connectivity index (χ1) is 17.4. The van der Waals surface area contributed by atoms with Crippen LogP contribution in [0, 0.1) is 28.6 Å². The fourth-order valence-corrected chi connectivity index (χ4v) is 8.46. The van der Waals surface area contributed by atoms with Gasteiger partial charge in [-0.2, -0.15) is 0 Å². The lowest BCUT2D eigenvalue weighted by Crippen LogP contribution is -2.62. The molecule has 0 aromatic carbocycles. The van der Waals surface area contributed by atoms with Gasteiger partial charge in [0.25, 0.3) is 0 Å². The lowest BCUT2D eigenvalue weighted by Gasteiger charge is -2.57. The van der Waals surface area contributed by atoms with E-state index < -0.39 is 58.5 Å². The molecular weight excluding hydrogens is 524 g/mol. The second kappa shape index (κ2) is 11.8. The molecule has 0 amide bonds. The Hall–Kier alpha value is -0.730. The fraction of sp³-hybridized carbons (Fsp3) is 0.778. The van der Waals surface area contributed by atoms with Crippen LogP contribution in [-0.4, -0.2) is 59.0 Å². The van der Waals surface area contributed by atoms with Crippen LogP contribution in [0.15, 0.2) is 23.8 Å². The van der Waals surface area contributed by atoms with Crippen LogP contribution in [0.1, 0.15) is 60.3 Å². The minimum Gasteiger partial charge on any atom is -0.393 e. The number of hydrogen-bond donors (Lipinski definition) is 1. The van der Waals surface area contributed by atoms with E-state index in [2.05, 4.69) is 0 Å². The first kappa shape index (κ1) is 30.8. The second-order valence-electron chi connectivity index (χ2n) is 10.9. The number of ether oxygens (including phenoxy) is 1. The summed E-state index contributed by atoms with van der Waals surface area (Å²) in [5.74, 6) is -1.95. The summed E-state index contributed by atoms with van der Waals surface area (Å²) in [7, 11) is 0.0431. The molecule has 0 saturated heterocycles. The zero-order chi connectivity index (χ0) is 27.6. The number of hydrogen-bond acceptors (Lipinski definition) is 6. The topological polar surface area (TPSA) is 72.8 Å². The van der Waals surface area contributed by atoms with Crippen LogP contribution < -0.4 is 0 Å². The van der Waals surface area contributed by atoms with Crippen molar-refractivity contribution in [3.05, 3.63) is 23.8 Å². The molecule has 37 heavy (non-hydrogen) atoms. The van der Waals surface area contributed by atoms with Gasteiger partial charge in [-0.1, -0.05) is 38.6 Å². The summed E-state index contributed by atoms with van der Waals surface area (Å²) in [6, 6.07) is -0.848. The van der Waals surface area contributed by atoms with Gasteiger partial charge in [0, 0.05) is 38.6 Å². The monoisotopic (exact) mass is 564 g/mol. The number of carbonyl (C=O) groups excluding carboxylic acids is 2. The van der Waals surface area contributed by atoms with Crippen molar-refractivity contribution in [1.29, 1.82) is 0 Å². The Balaban J connectivity index is 2.09. The Morgan fingerprint density at radius 1 is 1.27 bits per heavy atom. The van der Waals surface area contributed by atoms with Crippen LogP contribution in [0.4, 0.5) is 13.2 Å². The van der Waals surface area contributed by atoms with Gasteiger partial charge in [0.1, 0.15) is 17.8 Å². The third-order valence-corrected chi connectivity index (χ3v) is 11.0. The Morgan fingerprint density at radius 3 is 2.57 bits per heavy atom. The van der Waals surface area contributed by atoms with Gasteiger partial charge in [0.05, 0.1) is 18.6 Å². The molecule has 3 aliphatic rings. The van der Waals surface area contributed by atoms with Crippen LogP contribution in [0.2, 0.25) is 0 Å². The van der Waals surface area contributed by atoms with Gasteiger partial charge in [-0.3, -0.25) is 9.59 Å². The van der Waals surface area contributed by atoms with Gasteiger partial charge in [-0.05, 0) is 62.7 Å². The highest BCUT2D eigenvalue weighted by Gasteiger charge is 2.69. The summed E-state index contributed by atoms with van der Waals surface area (Å²) in [4.78, 5) is 24.8. The van der Waals surface area contributed by atoms with Crippen molar-refractivity contribution in [3.63, 3.8) is 0 Å². The summed E-state index contributed by atoms with van der Waals surface area (Å²) in [6.45, 7) is 8.95. The number of ketones is 1. The molecule has 2 saturated carbocycles. The molecule has 9 atom stereocenters. The van der Waals surface area contributed by atoms with Crippen molar-refractivity contribution < 1.29 is 37.1 Å². The minimum atomic E-state index is -2.24. The van der Waals surface area contributed by atoms with E-state index in [4.69, 9.17) is 9.26 Å². The maximum Gasteiger partial charge on any atom is 0.194 e. The largest absolute Gasteiger partial charge is 0.393 e. The van der Waals surface area contributed by atoms with E-state index in [-0.39, 0.29) is 44.6 Å². The Bertz CT molecular complexity index is 934. The molecule has 10 heteroatoms. The van der Waals surface area contributed by atoms with Crippen molar-refractivity contribution in [2.45, 2.75) is 77.7 Å². The third-order valence-electron chi connectivity index (χ3n) is 9.62. The minimum absolute atomic E-state index is 0.0431. The zero-order valence-electron chi connectivity index (χ0n) is 22.3. The van der Waals surface area contributed by atoms with Crippen molar-refractivity contribution in [3.8, 4) is 0 Å². The average Bonchev–Trinajstić information content (AvgIpc) is 3.07. The standard InChI is InChI=1S/C27H40F3O5PS/c1-6-24(4)19(10-17(3)27(24,13-23(33)37-15-28)34-16-36-35-7-2)20-12-22(29)21-11-18(32)8-9-25(21,5)26(20,30)14-31/h8-9,11,17,19-20,22,31,36H,6-7,10,12-16H2,1-5H3/t17-,19+,20?,22+,24?,25?,26-,27-/m1/s1. The highest BCUT2D eigenvalue weighted by molar-refractivity contribution is 8.13. The van der Waals surface area contributed by atoms with Gasteiger partial charge in [0.15, 0.2) is 10.9 Å². The first-order valence-corrected chi connectivity index (χ1v) is 15.1. The molecule has 2 fully saturated rings. The van der Waals surface area contributed by atoms with E-state index in [9.17, 15) is 19.1 Å². The van der Waals surface area contributed by atoms with Crippen molar-refractivity contribution in [2.75, 3.05) is 25.6 Å². The lowest BCUT2D eigenvalue weighted by molar-refractivity contribution is -0.166. The summed E-state index contributed by atoms with van der Waals surface area (Å²) in [6.07, 6.45) is 3.22. The predicted molar refractivity (Wildman–Crippen MR) is 142 cm³/mol. The average molecular weight is 565 g/mol. The number of aliphatic hydroxyl groups is 1. The molecule has 0 spiro atoms. The van der Waals surface area contributed by atoms with Gasteiger partial charge >= 0.3 is 0 Å². The summed E-state index contributed by atoms with van der Waals surface area (Å²) >= 11 is 0.592. The molecule has 0 aliphatic heterocycles. The number of fused-ring (bicyclic) bond motifs is 1. The van der Waals surface area contributed by atoms with E-state index in [1.807, 2.05) is 27.7 Å². The van der Waals surface area contributed by atoms with E-state index in [0.29, 0.717) is 31.2 Å². The number of thioether (sulfide) groups is 1. The maximum atomic E-state index is 17.2. The van der Waals surface area contributed by atoms with Crippen LogP contribution in [0.3, 0.4) is 0 Å². The number of carbonyl (C=O) groups is 2. The third kappa shape index (κ3) is 5.01. The van der Waals surface area contributed by atoms with Gasteiger partial charge in [-0.15, -0.1) is 0 Å². The lowest BCUT2D eigenvalue weighted by atomic mass is 9.50. The molecule has 4 unspecified atom stereocenters. The molecule has 0 heterocycles. The van der Waals surface area contributed by atoms with Gasteiger partial charge < -0.3 is 14.4 Å². The second-order valence-corrected chi connectivity index (χ2v) is 12.8. The van der Waals surface area contributed by atoms with Crippen molar-refractivity contribution in [2.24, 2.45) is 28.6 Å². The van der Waals surface area contributed by atoms with E-state index >= 15 is 8.78 Å². The molecular formula is C27H40F3O5PS. The van der Waals surface area contributed by atoms with Gasteiger partial charge in [-0.25, -0.2) is 13.2 Å². The van der Waals surface area contributed by atoms with Gasteiger partial charge in [0.2, 0.25) is 0 Å². The van der Waals surface area contributed by atoms with E-state index in [0.717, 1.165) is 6.08 Å². The Kier molecular flexibility index (Phi) is 9.82. The normalized spacial score (nSPS) is 41.9. The van der Waals surface area contributed by atoms with Crippen LogP contribution >= 0.6 is 20.6 Å². The quantitative estimate of drug-likeness (QED) is 0.241. The molecule has 5 nitrogen and oxygen atoms in total. The predicted octanol–water partition coefficient (Wildman–Crippen LogP) is 6.11. The summed E-state index contributed by atoms with van der Waals surface area (Å²) < 4.78 is 58.0. The number of aliphatic hydroxyl groups excluding tert-OH is 1. The number of alkyl halides is 3. The molecule has 3 rings (SSSR count). The molecule has 1 N–H and O–H groups in total. The van der Waals surface area contributed by atoms with Crippen LogP contribution in [0.25, 0.3) is 0 Å². The Morgan fingerprint density at radius 2 is 1.97 bits per heavy atom. The first-order valence-electron chi connectivity index (χ1n) is 13.0. The molecule has 210 valence electrons. The highest BCUT2D eigenvalue weighted by atomic mass is 32.2. The van der Waals surface area contributed by atoms with E-state index in [1.165, 1.54) is 12.2 Å². The molecule has 0 radical (unpaired) electrons. The van der Waals surface area contributed by atoms with Crippen molar-refractivity contribution in [1.82, 2.24) is 0 Å². The Labute approximate surface area is 224 Å². The zero-order valence-corrected chi connectivity index (χ0v) is 24.1. The highest BCUT2D eigenvalue weighted by Crippen LogP contribution is 2.67. The number of rotatable bonds is 11. The SMILES string of the molecule is CCOPCO[C@]1(CC(=O)SCF)[C@H](C)C[C@@H](C2C[C@H](F)C3=CC(=O)C=CC3(C)[C@@]2(F)CO)C1(C)CC. The molecule has 3 aliphatic carbocycles. The number of halogens is 3. The van der Waals surface area contributed by atoms with Crippen LogP contribution in [-0.2, 0) is 18.8 Å². The summed E-state index contributed by atoms with van der Waals surface area (Å²) in [5.41, 5.74) is -5.48. The van der Waals surface area contributed by atoms with E-state index in [1.54, 1.807) is 6.92 Å². The van der Waals surface area contributed by atoms with Crippen LogP contribution in [0.5, 0.6) is 0 Å². The summed E-state index contributed by atoms with van der Waals surface area (Å²) in [5, 5.41) is 10.2. The fourth-order valence-electron chi connectivity index (χ4n) is 7.42. The van der Waals surface area contributed by atoms with Crippen molar-refractivity contribution >= 4 is 31.5 Å². The molecule has 0 aromatic heterocycles. The molecule has 0 aromatic rings. The molecule has 0 bridgehead atoms. The maximum absolute atomic E-state index is 17.2. The number of allylic oxidation sites excluding steroid dienone is 4.